The summed E-state index contributed by atoms with van der Waals surface area (Å²) in [6.07, 6.45) is 2.79. The quantitative estimate of drug-likeness (QED) is 0.808. The summed E-state index contributed by atoms with van der Waals surface area (Å²) in [6.45, 7) is 3.67. The second-order valence-corrected chi connectivity index (χ2v) is 5.49. The largest absolute Gasteiger partial charge is 0.469 e. The van der Waals surface area contributed by atoms with Crippen LogP contribution in [-0.2, 0) is 16.4 Å². The Kier molecular flexibility index (Phi) is 4.35. The number of sulfonamides is 1. The zero-order chi connectivity index (χ0) is 11.3. The minimum Gasteiger partial charge on any atom is -0.469 e. The van der Waals surface area contributed by atoms with Crippen molar-refractivity contribution >= 4 is 10.0 Å². The number of hydrogen-bond donors (Lipinski definition) is 1. The van der Waals surface area contributed by atoms with Crippen LogP contribution in [-0.4, -0.2) is 20.2 Å². The van der Waals surface area contributed by atoms with Gasteiger partial charge in [-0.25, -0.2) is 13.1 Å². The van der Waals surface area contributed by atoms with Crippen LogP contribution in [0.3, 0.4) is 0 Å². The molecule has 1 heterocycles. The van der Waals surface area contributed by atoms with Crippen LogP contribution in [0.25, 0.3) is 0 Å². The third-order valence-electron chi connectivity index (χ3n) is 1.94. The normalized spacial score (nSPS) is 14.0. The van der Waals surface area contributed by atoms with E-state index in [0.29, 0.717) is 12.8 Å². The van der Waals surface area contributed by atoms with Crippen molar-refractivity contribution in [3.05, 3.63) is 24.2 Å². The fraction of sp³-hybridized carbons (Fsp3) is 0.600. The van der Waals surface area contributed by atoms with Gasteiger partial charge < -0.3 is 4.42 Å². The van der Waals surface area contributed by atoms with Crippen LogP contribution < -0.4 is 4.72 Å². The highest BCUT2D eigenvalue weighted by molar-refractivity contribution is 7.89. The lowest BCUT2D eigenvalue weighted by Gasteiger charge is -2.12. The van der Waals surface area contributed by atoms with Crippen molar-refractivity contribution in [2.75, 3.05) is 5.75 Å². The molecule has 15 heavy (non-hydrogen) atoms. The SMILES string of the molecule is CCCS(=O)(=O)NC(C)Cc1ccco1. The van der Waals surface area contributed by atoms with E-state index in [1.165, 1.54) is 0 Å². The van der Waals surface area contributed by atoms with Crippen LogP contribution in [0.15, 0.2) is 22.8 Å². The van der Waals surface area contributed by atoms with E-state index >= 15 is 0 Å². The molecule has 1 aromatic rings. The summed E-state index contributed by atoms with van der Waals surface area (Å²) in [5.41, 5.74) is 0. The second kappa shape index (κ2) is 5.32. The first kappa shape index (κ1) is 12.3. The predicted molar refractivity (Wildman–Crippen MR) is 59.1 cm³/mol. The van der Waals surface area contributed by atoms with Crippen molar-refractivity contribution in [3.63, 3.8) is 0 Å². The Morgan fingerprint density at radius 1 is 1.53 bits per heavy atom. The van der Waals surface area contributed by atoms with Gasteiger partial charge >= 0.3 is 0 Å². The lowest BCUT2D eigenvalue weighted by molar-refractivity contribution is 0.479. The van der Waals surface area contributed by atoms with E-state index < -0.39 is 10.0 Å². The maximum absolute atomic E-state index is 11.4. The first-order valence-electron chi connectivity index (χ1n) is 5.06. The molecule has 0 aliphatic rings. The van der Waals surface area contributed by atoms with E-state index in [1.54, 1.807) is 12.3 Å². The van der Waals surface area contributed by atoms with Gasteiger partial charge in [0.25, 0.3) is 0 Å². The summed E-state index contributed by atoms with van der Waals surface area (Å²) in [6, 6.07) is 3.50. The summed E-state index contributed by atoms with van der Waals surface area (Å²) in [7, 11) is -3.13. The van der Waals surface area contributed by atoms with Gasteiger partial charge in [-0.2, -0.15) is 0 Å². The van der Waals surface area contributed by atoms with Gasteiger partial charge in [-0.1, -0.05) is 6.92 Å². The Bertz CT molecular complexity index is 369. The fourth-order valence-electron chi connectivity index (χ4n) is 1.41. The van der Waals surface area contributed by atoms with Crippen molar-refractivity contribution in [1.82, 2.24) is 4.72 Å². The van der Waals surface area contributed by atoms with Gasteiger partial charge in [0.15, 0.2) is 0 Å². The van der Waals surface area contributed by atoms with E-state index in [4.69, 9.17) is 4.42 Å². The molecule has 1 atom stereocenters. The molecule has 0 spiro atoms. The molecule has 5 heteroatoms. The molecular weight excluding hydrogens is 214 g/mol. The van der Waals surface area contributed by atoms with Crippen LogP contribution in [0.4, 0.5) is 0 Å². The van der Waals surface area contributed by atoms with Crippen molar-refractivity contribution in [3.8, 4) is 0 Å². The van der Waals surface area contributed by atoms with Crippen LogP contribution in [0.1, 0.15) is 26.0 Å². The summed E-state index contributed by atoms with van der Waals surface area (Å²) >= 11 is 0. The number of furan rings is 1. The second-order valence-electron chi connectivity index (χ2n) is 3.62. The van der Waals surface area contributed by atoms with Gasteiger partial charge in [0, 0.05) is 12.5 Å². The minimum atomic E-state index is -3.13. The van der Waals surface area contributed by atoms with Gasteiger partial charge in [0.2, 0.25) is 10.0 Å². The summed E-state index contributed by atoms with van der Waals surface area (Å²) in [5.74, 6) is 0.969. The van der Waals surface area contributed by atoms with E-state index in [0.717, 1.165) is 5.76 Å². The molecule has 0 saturated heterocycles. The molecule has 0 amide bonds. The molecule has 86 valence electrons. The summed E-state index contributed by atoms with van der Waals surface area (Å²) < 4.78 is 30.6. The van der Waals surface area contributed by atoms with Gasteiger partial charge in [0.1, 0.15) is 5.76 Å². The molecule has 4 nitrogen and oxygen atoms in total. The first-order valence-corrected chi connectivity index (χ1v) is 6.71. The smallest absolute Gasteiger partial charge is 0.211 e. The third kappa shape index (κ3) is 4.48. The molecule has 0 aliphatic heterocycles. The standard InChI is InChI=1S/C10H17NO3S/c1-3-7-15(12,13)11-9(2)8-10-5-4-6-14-10/h4-6,9,11H,3,7-8H2,1-2H3. The maximum atomic E-state index is 11.4. The molecule has 1 unspecified atom stereocenters. The molecule has 0 bridgehead atoms. The van der Waals surface area contributed by atoms with E-state index in [1.807, 2.05) is 19.9 Å². The lowest BCUT2D eigenvalue weighted by atomic mass is 10.2. The Balaban J connectivity index is 2.46. The zero-order valence-corrected chi connectivity index (χ0v) is 9.88. The van der Waals surface area contributed by atoms with Gasteiger partial charge in [0.05, 0.1) is 12.0 Å². The molecule has 0 saturated carbocycles. The number of hydrogen-bond acceptors (Lipinski definition) is 3. The van der Waals surface area contributed by atoms with Crippen LogP contribution in [0.5, 0.6) is 0 Å². The highest BCUT2D eigenvalue weighted by Gasteiger charge is 2.14. The highest BCUT2D eigenvalue weighted by atomic mass is 32.2. The molecule has 0 aliphatic carbocycles. The highest BCUT2D eigenvalue weighted by Crippen LogP contribution is 2.04. The van der Waals surface area contributed by atoms with Crippen molar-refractivity contribution in [2.24, 2.45) is 0 Å². The fourth-order valence-corrected chi connectivity index (χ4v) is 2.76. The molecular formula is C10H17NO3S. The summed E-state index contributed by atoms with van der Waals surface area (Å²) in [5, 5.41) is 0. The average Bonchev–Trinajstić information content (AvgIpc) is 2.54. The Morgan fingerprint density at radius 2 is 2.27 bits per heavy atom. The summed E-state index contributed by atoms with van der Waals surface area (Å²) in [4.78, 5) is 0. The van der Waals surface area contributed by atoms with Crippen molar-refractivity contribution in [1.29, 1.82) is 0 Å². The monoisotopic (exact) mass is 231 g/mol. The van der Waals surface area contributed by atoms with Crippen LogP contribution in [0.2, 0.25) is 0 Å². The molecule has 1 N–H and O–H groups in total. The molecule has 0 radical (unpaired) electrons. The topological polar surface area (TPSA) is 59.3 Å². The Hall–Kier alpha value is -0.810. The maximum Gasteiger partial charge on any atom is 0.211 e. The molecule has 1 rings (SSSR count). The zero-order valence-electron chi connectivity index (χ0n) is 9.06. The van der Waals surface area contributed by atoms with Crippen molar-refractivity contribution < 1.29 is 12.8 Å². The van der Waals surface area contributed by atoms with Crippen molar-refractivity contribution in [2.45, 2.75) is 32.7 Å². The van der Waals surface area contributed by atoms with Gasteiger partial charge in [-0.3, -0.25) is 0 Å². The average molecular weight is 231 g/mol. The minimum absolute atomic E-state index is 0.132. The lowest BCUT2D eigenvalue weighted by Crippen LogP contribution is -2.35. The van der Waals surface area contributed by atoms with E-state index in [9.17, 15) is 8.42 Å². The number of nitrogens with one attached hydrogen (secondary N) is 1. The van der Waals surface area contributed by atoms with Crippen LogP contribution in [0, 0.1) is 0 Å². The molecule has 0 aromatic carbocycles. The number of rotatable bonds is 6. The Labute approximate surface area is 90.7 Å². The molecule has 0 fully saturated rings. The third-order valence-corrected chi connectivity index (χ3v) is 3.65. The predicted octanol–water partition coefficient (Wildman–Crippen LogP) is 1.54. The Morgan fingerprint density at radius 3 is 2.80 bits per heavy atom. The van der Waals surface area contributed by atoms with E-state index in [-0.39, 0.29) is 11.8 Å². The molecule has 1 aromatic heterocycles. The first-order chi connectivity index (χ1) is 7.03. The van der Waals surface area contributed by atoms with E-state index in [2.05, 4.69) is 4.72 Å². The van der Waals surface area contributed by atoms with Gasteiger partial charge in [-0.15, -0.1) is 0 Å². The van der Waals surface area contributed by atoms with Gasteiger partial charge in [-0.05, 0) is 25.5 Å². The van der Waals surface area contributed by atoms with Crippen LogP contribution >= 0.6 is 0 Å².